The number of carbonyl (C=O) groups excluding carboxylic acids is 1. The first-order valence-electron chi connectivity index (χ1n) is 11.0. The van der Waals surface area contributed by atoms with Gasteiger partial charge in [0.05, 0.1) is 0 Å². The first kappa shape index (κ1) is 18.1. The largest absolute Gasteiger partial charge is 0.462 e. The summed E-state index contributed by atoms with van der Waals surface area (Å²) >= 11 is 0. The summed E-state index contributed by atoms with van der Waals surface area (Å²) in [6.07, 6.45) is 17.2. The Morgan fingerprint density at radius 2 is 2.04 bits per heavy atom. The number of hydrogen-bond acceptors (Lipinski definition) is 3. The third-order valence-corrected chi connectivity index (χ3v) is 8.33. The lowest BCUT2D eigenvalue weighted by molar-refractivity contribution is -0.148. The number of ether oxygens (including phenoxy) is 1. The van der Waals surface area contributed by atoms with Crippen molar-refractivity contribution in [3.05, 3.63) is 47.8 Å². The van der Waals surface area contributed by atoms with Crippen LogP contribution in [0.25, 0.3) is 5.57 Å². The maximum atomic E-state index is 11.4. The molecule has 3 heteroatoms. The minimum absolute atomic E-state index is 0.0926. The molecule has 0 N–H and O–H groups in total. The van der Waals surface area contributed by atoms with E-state index in [1.165, 1.54) is 38.2 Å². The number of nitrogens with zero attached hydrogens (tertiary/aromatic N) is 1. The smallest absolute Gasteiger partial charge is 0.302 e. The number of hydrogen-bond donors (Lipinski definition) is 0. The standard InChI is InChI=1S/C25H31NO2/c1-16(27)28-19-11-12-25(2)18(14-19)5-6-23-22-8-7-20(17-4-3-13-26-15-17)21(22)9-10-24(23)25/h3-5,7,13,15,19,21-24H,6,8-12,14H2,1-2H3/t19-,21+,22?,23-,24?,25-/m0/s1. The Bertz CT molecular complexity index is 826. The summed E-state index contributed by atoms with van der Waals surface area (Å²) in [4.78, 5) is 15.8. The molecule has 0 radical (unpaired) electrons. The van der Waals surface area contributed by atoms with Gasteiger partial charge in [0.15, 0.2) is 0 Å². The van der Waals surface area contributed by atoms with Gasteiger partial charge in [-0.3, -0.25) is 9.78 Å². The van der Waals surface area contributed by atoms with Crippen LogP contribution in [-0.4, -0.2) is 17.1 Å². The fourth-order valence-electron chi connectivity index (χ4n) is 7.07. The molecule has 4 aliphatic rings. The van der Waals surface area contributed by atoms with E-state index >= 15 is 0 Å². The molecule has 0 bridgehead atoms. The number of rotatable bonds is 2. The van der Waals surface area contributed by atoms with Crippen molar-refractivity contribution in [1.82, 2.24) is 4.98 Å². The molecular formula is C25H31NO2. The summed E-state index contributed by atoms with van der Waals surface area (Å²) in [7, 11) is 0. The molecule has 2 saturated carbocycles. The van der Waals surface area contributed by atoms with Crippen LogP contribution in [-0.2, 0) is 9.53 Å². The van der Waals surface area contributed by atoms with Crippen molar-refractivity contribution in [2.24, 2.45) is 29.1 Å². The van der Waals surface area contributed by atoms with Crippen molar-refractivity contribution < 1.29 is 9.53 Å². The number of esters is 1. The number of fused-ring (bicyclic) bond motifs is 5. The Labute approximate surface area is 168 Å². The first-order chi connectivity index (χ1) is 13.6. The molecule has 0 aliphatic heterocycles. The van der Waals surface area contributed by atoms with Crippen LogP contribution in [0, 0.1) is 29.1 Å². The highest BCUT2D eigenvalue weighted by Gasteiger charge is 2.53. The Morgan fingerprint density at radius 3 is 2.82 bits per heavy atom. The molecule has 28 heavy (non-hydrogen) atoms. The Balaban J connectivity index is 1.37. The average Bonchev–Trinajstić information content (AvgIpc) is 3.13. The lowest BCUT2D eigenvalue weighted by Gasteiger charge is -2.55. The van der Waals surface area contributed by atoms with E-state index in [0.29, 0.717) is 11.3 Å². The molecule has 1 aromatic heterocycles. The zero-order valence-corrected chi connectivity index (χ0v) is 17.1. The van der Waals surface area contributed by atoms with Crippen molar-refractivity contribution in [1.29, 1.82) is 0 Å². The predicted molar refractivity (Wildman–Crippen MR) is 110 cm³/mol. The van der Waals surface area contributed by atoms with Gasteiger partial charge in [-0.15, -0.1) is 0 Å². The van der Waals surface area contributed by atoms with Crippen LogP contribution >= 0.6 is 0 Å². The van der Waals surface area contributed by atoms with E-state index in [4.69, 9.17) is 4.74 Å². The Hall–Kier alpha value is -1.90. The summed E-state index contributed by atoms with van der Waals surface area (Å²) in [5.74, 6) is 2.94. The molecule has 2 unspecified atom stereocenters. The van der Waals surface area contributed by atoms with Crippen LogP contribution < -0.4 is 0 Å². The molecule has 0 spiro atoms. The van der Waals surface area contributed by atoms with Gasteiger partial charge in [0, 0.05) is 25.7 Å². The number of allylic oxidation sites excluding steroid dienone is 3. The summed E-state index contributed by atoms with van der Waals surface area (Å²) < 4.78 is 5.56. The topological polar surface area (TPSA) is 39.2 Å². The molecule has 3 nitrogen and oxygen atoms in total. The second-order valence-electron chi connectivity index (χ2n) is 9.61. The molecule has 148 valence electrons. The van der Waals surface area contributed by atoms with Crippen LogP contribution in [0.15, 0.2) is 42.3 Å². The Kier molecular flexibility index (Phi) is 4.45. The highest BCUT2D eigenvalue weighted by Crippen LogP contribution is 2.62. The fraction of sp³-hybridized carbons (Fsp3) is 0.600. The predicted octanol–water partition coefficient (Wildman–Crippen LogP) is 5.58. The van der Waals surface area contributed by atoms with Gasteiger partial charge in [-0.1, -0.05) is 30.7 Å². The molecule has 0 aromatic carbocycles. The molecule has 5 rings (SSSR count). The zero-order chi connectivity index (χ0) is 19.3. The van der Waals surface area contributed by atoms with Crippen molar-refractivity contribution in [2.45, 2.75) is 64.9 Å². The third-order valence-electron chi connectivity index (χ3n) is 8.33. The third kappa shape index (κ3) is 2.86. The van der Waals surface area contributed by atoms with Crippen molar-refractivity contribution >= 4 is 11.5 Å². The quantitative estimate of drug-likeness (QED) is 0.499. The molecule has 0 saturated heterocycles. The second-order valence-corrected chi connectivity index (χ2v) is 9.61. The number of carbonyl (C=O) groups is 1. The van der Waals surface area contributed by atoms with E-state index in [2.05, 4.69) is 36.2 Å². The average molecular weight is 378 g/mol. The lowest BCUT2D eigenvalue weighted by Crippen LogP contribution is -2.47. The van der Waals surface area contributed by atoms with Gasteiger partial charge < -0.3 is 4.74 Å². The fourth-order valence-corrected chi connectivity index (χ4v) is 7.07. The summed E-state index contributed by atoms with van der Waals surface area (Å²) in [6, 6.07) is 4.29. The van der Waals surface area contributed by atoms with Gasteiger partial charge in [0.1, 0.15) is 6.10 Å². The Morgan fingerprint density at radius 1 is 1.18 bits per heavy atom. The summed E-state index contributed by atoms with van der Waals surface area (Å²) in [5, 5.41) is 0. The van der Waals surface area contributed by atoms with Gasteiger partial charge in [0.25, 0.3) is 0 Å². The minimum atomic E-state index is -0.136. The van der Waals surface area contributed by atoms with Gasteiger partial charge in [-0.2, -0.15) is 0 Å². The van der Waals surface area contributed by atoms with Crippen LogP contribution in [0.3, 0.4) is 0 Å². The molecular weight excluding hydrogens is 346 g/mol. The SMILES string of the molecule is CC(=O)O[C@H]1CC[C@@]2(C)C(=CC[C@H]3C4CC=C(c5cccnc5)[C@H]4CCC32)C1. The summed E-state index contributed by atoms with van der Waals surface area (Å²) in [5.41, 5.74) is 4.76. The van der Waals surface area contributed by atoms with Gasteiger partial charge in [-0.05, 0) is 84.8 Å². The number of pyridine rings is 1. The van der Waals surface area contributed by atoms with Crippen LogP contribution in [0.4, 0.5) is 0 Å². The monoisotopic (exact) mass is 377 g/mol. The van der Waals surface area contributed by atoms with Crippen LogP contribution in [0.2, 0.25) is 0 Å². The van der Waals surface area contributed by atoms with Gasteiger partial charge in [0.2, 0.25) is 0 Å². The molecule has 2 fully saturated rings. The lowest BCUT2D eigenvalue weighted by atomic mass is 9.50. The van der Waals surface area contributed by atoms with Crippen molar-refractivity contribution in [3.8, 4) is 0 Å². The van der Waals surface area contributed by atoms with Crippen molar-refractivity contribution in [3.63, 3.8) is 0 Å². The van der Waals surface area contributed by atoms with E-state index in [1.54, 1.807) is 11.1 Å². The highest BCUT2D eigenvalue weighted by atomic mass is 16.5. The van der Waals surface area contributed by atoms with E-state index in [0.717, 1.165) is 37.0 Å². The van der Waals surface area contributed by atoms with E-state index < -0.39 is 0 Å². The van der Waals surface area contributed by atoms with E-state index in [9.17, 15) is 4.79 Å². The maximum Gasteiger partial charge on any atom is 0.302 e. The molecule has 0 amide bonds. The first-order valence-corrected chi connectivity index (χ1v) is 11.0. The molecule has 1 aromatic rings. The van der Waals surface area contributed by atoms with Crippen LogP contribution in [0.1, 0.15) is 64.4 Å². The molecule has 4 aliphatic carbocycles. The van der Waals surface area contributed by atoms with Gasteiger partial charge >= 0.3 is 5.97 Å². The molecule has 6 atom stereocenters. The highest BCUT2D eigenvalue weighted by molar-refractivity contribution is 5.69. The second kappa shape index (κ2) is 6.86. The van der Waals surface area contributed by atoms with E-state index in [-0.39, 0.29) is 12.1 Å². The van der Waals surface area contributed by atoms with Crippen LogP contribution in [0.5, 0.6) is 0 Å². The van der Waals surface area contributed by atoms with Crippen molar-refractivity contribution in [2.75, 3.05) is 0 Å². The minimum Gasteiger partial charge on any atom is -0.462 e. The number of aromatic nitrogens is 1. The van der Waals surface area contributed by atoms with E-state index in [1.807, 2.05) is 12.4 Å². The summed E-state index contributed by atoms with van der Waals surface area (Å²) in [6.45, 7) is 4.04. The van der Waals surface area contributed by atoms with Gasteiger partial charge in [-0.25, -0.2) is 0 Å². The normalized spacial score (nSPS) is 39.1. The zero-order valence-electron chi connectivity index (χ0n) is 17.1. The molecule has 1 heterocycles. The maximum absolute atomic E-state index is 11.4.